The van der Waals surface area contributed by atoms with E-state index in [1.54, 1.807) is 18.5 Å². The minimum absolute atomic E-state index is 0.126. The Balaban J connectivity index is 1.88. The first-order valence-electron chi connectivity index (χ1n) is 6.65. The first-order chi connectivity index (χ1) is 11.2. The first-order valence-corrected chi connectivity index (χ1v) is 7.46. The van der Waals surface area contributed by atoms with E-state index in [0.717, 1.165) is 16.0 Å². The average molecular weight is 323 g/mol. The highest BCUT2D eigenvalue weighted by atomic mass is 32.1. The molecule has 112 valence electrons. The van der Waals surface area contributed by atoms with Crippen molar-refractivity contribution in [3.8, 4) is 21.3 Å². The molecular weight excluding hydrogens is 314 g/mol. The second-order valence-corrected chi connectivity index (χ2v) is 5.68. The Morgan fingerprint density at radius 1 is 1.22 bits per heavy atom. The van der Waals surface area contributed by atoms with Gasteiger partial charge in [-0.3, -0.25) is 9.78 Å². The minimum atomic E-state index is -0.624. The molecule has 0 aliphatic heterocycles. The summed E-state index contributed by atoms with van der Waals surface area (Å²) in [7, 11) is 0. The van der Waals surface area contributed by atoms with Crippen molar-refractivity contribution in [3.63, 3.8) is 0 Å². The van der Waals surface area contributed by atoms with Crippen LogP contribution in [0.4, 0.5) is 0 Å². The number of fused-ring (bicyclic) bond motifs is 1. The molecule has 0 saturated heterocycles. The lowest BCUT2D eigenvalue weighted by Crippen LogP contribution is -2.13. The smallest absolute Gasteiger partial charge is 0.267 e. The zero-order valence-corrected chi connectivity index (χ0v) is 12.4. The fraction of sp³-hybridized carbons (Fsp3) is 0. The summed E-state index contributed by atoms with van der Waals surface area (Å²) in [5.74, 6) is -0.624. The van der Waals surface area contributed by atoms with Gasteiger partial charge in [-0.1, -0.05) is 11.3 Å². The molecule has 0 saturated carbocycles. The van der Waals surface area contributed by atoms with E-state index in [9.17, 15) is 4.79 Å². The molecule has 4 rings (SSSR count). The van der Waals surface area contributed by atoms with Crippen LogP contribution in [0.5, 0.6) is 0 Å². The first kappa shape index (κ1) is 13.5. The molecule has 0 atom stereocenters. The molecule has 2 N–H and O–H groups in total. The van der Waals surface area contributed by atoms with Gasteiger partial charge >= 0.3 is 0 Å². The van der Waals surface area contributed by atoms with Crippen LogP contribution < -0.4 is 5.73 Å². The van der Waals surface area contributed by atoms with E-state index in [2.05, 4.69) is 20.2 Å². The number of amides is 1. The van der Waals surface area contributed by atoms with Gasteiger partial charge in [0.2, 0.25) is 0 Å². The van der Waals surface area contributed by atoms with Gasteiger partial charge in [-0.2, -0.15) is 0 Å². The number of aromatic nitrogens is 4. The van der Waals surface area contributed by atoms with E-state index in [1.165, 1.54) is 23.7 Å². The predicted octanol–water partition coefficient (Wildman–Crippen LogP) is 2.51. The van der Waals surface area contributed by atoms with E-state index < -0.39 is 5.91 Å². The predicted molar refractivity (Wildman–Crippen MR) is 84.7 cm³/mol. The number of pyridine rings is 2. The highest BCUT2D eigenvalue weighted by Gasteiger charge is 2.17. The summed E-state index contributed by atoms with van der Waals surface area (Å²) >= 11 is 1.36. The Bertz CT molecular complexity index is 1010. The summed E-state index contributed by atoms with van der Waals surface area (Å²) in [6.07, 6.45) is 4.94. The summed E-state index contributed by atoms with van der Waals surface area (Å²) in [4.78, 5) is 19.8. The third-order valence-electron chi connectivity index (χ3n) is 3.24. The number of primary amides is 1. The van der Waals surface area contributed by atoms with Crippen molar-refractivity contribution in [2.75, 3.05) is 0 Å². The standard InChI is InChI=1S/C15H9N5O2S/c16-13(21)10-6-11-9(3-5-22-11)12(18-10)15-20-19-14(23-15)8-2-1-4-17-7-8/h1-7H,(H2,16,21). The number of rotatable bonds is 3. The molecule has 0 fully saturated rings. The summed E-state index contributed by atoms with van der Waals surface area (Å²) in [6.45, 7) is 0. The second-order valence-electron chi connectivity index (χ2n) is 4.71. The summed E-state index contributed by atoms with van der Waals surface area (Å²) in [5, 5.41) is 10.4. The van der Waals surface area contributed by atoms with Crippen LogP contribution >= 0.6 is 11.3 Å². The van der Waals surface area contributed by atoms with Gasteiger partial charge in [0, 0.05) is 29.4 Å². The largest absolute Gasteiger partial charge is 0.464 e. The van der Waals surface area contributed by atoms with Crippen molar-refractivity contribution in [1.29, 1.82) is 0 Å². The Kier molecular flexibility index (Phi) is 3.09. The van der Waals surface area contributed by atoms with Gasteiger partial charge < -0.3 is 10.2 Å². The maximum absolute atomic E-state index is 11.5. The maximum Gasteiger partial charge on any atom is 0.267 e. The number of carbonyl (C=O) groups is 1. The second kappa shape index (κ2) is 5.25. The van der Waals surface area contributed by atoms with E-state index in [0.29, 0.717) is 16.3 Å². The quantitative estimate of drug-likeness (QED) is 0.620. The third kappa shape index (κ3) is 2.34. The van der Waals surface area contributed by atoms with Crippen molar-refractivity contribution in [2.45, 2.75) is 0 Å². The summed E-state index contributed by atoms with van der Waals surface area (Å²) in [6, 6.07) is 7.02. The van der Waals surface area contributed by atoms with Crippen LogP contribution in [0, 0.1) is 0 Å². The third-order valence-corrected chi connectivity index (χ3v) is 4.22. The highest BCUT2D eigenvalue weighted by molar-refractivity contribution is 7.18. The molecule has 4 aromatic heterocycles. The van der Waals surface area contributed by atoms with Crippen molar-refractivity contribution in [2.24, 2.45) is 5.73 Å². The lowest BCUT2D eigenvalue weighted by molar-refractivity contribution is 0.0995. The van der Waals surface area contributed by atoms with Crippen LogP contribution in [0.25, 0.3) is 32.2 Å². The van der Waals surface area contributed by atoms with E-state index in [1.807, 2.05) is 12.1 Å². The molecule has 0 spiro atoms. The van der Waals surface area contributed by atoms with Gasteiger partial charge in [-0.25, -0.2) is 4.98 Å². The molecular formula is C15H9N5O2S. The number of nitrogens with zero attached hydrogens (tertiary/aromatic N) is 4. The minimum Gasteiger partial charge on any atom is -0.464 e. The van der Waals surface area contributed by atoms with Crippen LogP contribution in [-0.4, -0.2) is 26.1 Å². The molecule has 0 bridgehead atoms. The highest BCUT2D eigenvalue weighted by Crippen LogP contribution is 2.33. The zero-order valence-electron chi connectivity index (χ0n) is 11.6. The number of hydrogen-bond acceptors (Lipinski definition) is 7. The summed E-state index contributed by atoms with van der Waals surface area (Å²) < 4.78 is 5.36. The zero-order chi connectivity index (χ0) is 15.8. The number of nitrogens with two attached hydrogens (primary N) is 1. The van der Waals surface area contributed by atoms with Gasteiger partial charge in [-0.05, 0) is 18.2 Å². The molecule has 7 nitrogen and oxygen atoms in total. The molecule has 8 heteroatoms. The van der Waals surface area contributed by atoms with Crippen molar-refractivity contribution in [3.05, 3.63) is 48.6 Å². The summed E-state index contributed by atoms with van der Waals surface area (Å²) in [5.41, 5.74) is 7.38. The Morgan fingerprint density at radius 3 is 2.87 bits per heavy atom. The normalized spacial score (nSPS) is 11.0. The molecule has 0 aromatic carbocycles. The van der Waals surface area contributed by atoms with Crippen molar-refractivity contribution < 1.29 is 9.21 Å². The van der Waals surface area contributed by atoms with Gasteiger partial charge in [-0.15, -0.1) is 10.2 Å². The number of carbonyl (C=O) groups excluding carboxylic acids is 1. The van der Waals surface area contributed by atoms with E-state index in [4.69, 9.17) is 10.2 Å². The molecule has 0 aliphatic carbocycles. The number of hydrogen-bond donors (Lipinski definition) is 1. The number of furan rings is 1. The van der Waals surface area contributed by atoms with Gasteiger partial charge in [0.1, 0.15) is 22.0 Å². The van der Waals surface area contributed by atoms with Crippen LogP contribution in [0.3, 0.4) is 0 Å². The fourth-order valence-corrected chi connectivity index (χ4v) is 3.02. The van der Waals surface area contributed by atoms with Crippen LogP contribution in [-0.2, 0) is 0 Å². The Morgan fingerprint density at radius 2 is 2.09 bits per heavy atom. The van der Waals surface area contributed by atoms with E-state index >= 15 is 0 Å². The van der Waals surface area contributed by atoms with Gasteiger partial charge in [0.25, 0.3) is 5.91 Å². The molecule has 0 unspecified atom stereocenters. The van der Waals surface area contributed by atoms with Crippen LogP contribution in [0.15, 0.2) is 47.3 Å². The average Bonchev–Trinajstić information content (AvgIpc) is 3.24. The molecule has 1 amide bonds. The molecule has 0 radical (unpaired) electrons. The monoisotopic (exact) mass is 323 g/mol. The molecule has 4 aromatic rings. The lowest BCUT2D eigenvalue weighted by atomic mass is 10.2. The van der Waals surface area contributed by atoms with Gasteiger partial charge in [0.15, 0.2) is 5.01 Å². The van der Waals surface area contributed by atoms with Crippen LogP contribution in [0.1, 0.15) is 10.5 Å². The SMILES string of the molecule is NC(=O)c1cc2occc2c(-c2nnc(-c3cccnc3)s2)n1. The van der Waals surface area contributed by atoms with Crippen LogP contribution in [0.2, 0.25) is 0 Å². The van der Waals surface area contributed by atoms with Gasteiger partial charge in [0.05, 0.1) is 6.26 Å². The fourth-order valence-electron chi connectivity index (χ4n) is 2.18. The molecule has 23 heavy (non-hydrogen) atoms. The van der Waals surface area contributed by atoms with E-state index in [-0.39, 0.29) is 5.69 Å². The maximum atomic E-state index is 11.5. The molecule has 4 heterocycles. The Hall–Kier alpha value is -3.13. The van der Waals surface area contributed by atoms with Crippen molar-refractivity contribution in [1.82, 2.24) is 20.2 Å². The molecule has 0 aliphatic rings. The lowest BCUT2D eigenvalue weighted by Gasteiger charge is -2.00. The topological polar surface area (TPSA) is 108 Å². The van der Waals surface area contributed by atoms with Crippen molar-refractivity contribution >= 4 is 28.2 Å². The Labute approximate surface area is 133 Å².